The quantitative estimate of drug-likeness (QED) is 0.288. The van der Waals surface area contributed by atoms with Crippen molar-refractivity contribution in [2.75, 3.05) is 26.2 Å². The number of aromatic nitrogens is 1. The van der Waals surface area contributed by atoms with E-state index in [9.17, 15) is 9.59 Å². The molecule has 1 saturated heterocycles. The first kappa shape index (κ1) is 25.5. The number of nitrogens with one attached hydrogen (secondary N) is 1. The molecule has 3 aromatic rings. The Morgan fingerprint density at radius 3 is 2.71 bits per heavy atom. The molecule has 0 radical (unpaired) electrons. The number of thiazole rings is 1. The summed E-state index contributed by atoms with van der Waals surface area (Å²) in [5.41, 5.74) is 7.77. The lowest BCUT2D eigenvalue weighted by molar-refractivity contribution is -0.132. The number of nitrogens with zero attached hydrogens (tertiary/aromatic N) is 2. The van der Waals surface area contributed by atoms with Crippen LogP contribution in [0.3, 0.4) is 0 Å². The van der Waals surface area contributed by atoms with Gasteiger partial charge in [0.25, 0.3) is 0 Å². The van der Waals surface area contributed by atoms with Gasteiger partial charge < -0.3 is 16.0 Å². The van der Waals surface area contributed by atoms with Gasteiger partial charge in [-0.2, -0.15) is 0 Å². The molecule has 1 amide bonds. The predicted octanol–water partition coefficient (Wildman–Crippen LogP) is 4.44. The van der Waals surface area contributed by atoms with Gasteiger partial charge in [-0.1, -0.05) is 48.9 Å². The van der Waals surface area contributed by atoms with E-state index in [2.05, 4.69) is 22.4 Å². The predicted molar refractivity (Wildman–Crippen MR) is 143 cm³/mol. The van der Waals surface area contributed by atoms with Gasteiger partial charge in [0.15, 0.2) is 5.01 Å². The first-order valence-electron chi connectivity index (χ1n) is 12.8. The topological polar surface area (TPSA) is 88.3 Å². The standard InChI is InChI=1S/C28H36N4O2S/c29-17-7-6-13-24(27(34)28-31-23-12-4-5-14-25(23)35-28)30-19-22-11-8-18-32(20-22)26(33)16-15-21-9-2-1-3-10-21/h1-5,9-10,12,14,22,24,30H,6-8,11,13,15-20,29H2/t22-,24-/m1/s1. The summed E-state index contributed by atoms with van der Waals surface area (Å²) in [6.45, 7) is 2.94. The Kier molecular flexibility index (Phi) is 9.40. The second-order valence-corrected chi connectivity index (χ2v) is 10.5. The van der Waals surface area contributed by atoms with E-state index in [1.165, 1.54) is 16.9 Å². The Hall–Kier alpha value is -2.61. The SMILES string of the molecule is NCCCC[C@@H](NC[C@H]1CCCN(C(=O)CCc2ccccc2)C1)C(=O)c1nc2ccccc2s1. The van der Waals surface area contributed by atoms with Crippen LogP contribution < -0.4 is 11.1 Å². The fourth-order valence-corrected chi connectivity index (χ4v) is 5.73. The van der Waals surface area contributed by atoms with Crippen LogP contribution in [0.2, 0.25) is 0 Å². The van der Waals surface area contributed by atoms with E-state index < -0.39 is 0 Å². The molecule has 1 fully saturated rings. The molecule has 0 bridgehead atoms. The van der Waals surface area contributed by atoms with Gasteiger partial charge >= 0.3 is 0 Å². The zero-order valence-electron chi connectivity index (χ0n) is 20.3. The summed E-state index contributed by atoms with van der Waals surface area (Å²) in [5, 5.41) is 4.11. The van der Waals surface area contributed by atoms with Crippen LogP contribution in [-0.4, -0.2) is 53.8 Å². The third kappa shape index (κ3) is 7.19. The van der Waals surface area contributed by atoms with E-state index in [0.29, 0.717) is 23.9 Å². The van der Waals surface area contributed by atoms with Crippen molar-refractivity contribution in [2.45, 2.75) is 51.0 Å². The number of fused-ring (bicyclic) bond motifs is 1. The molecule has 0 unspecified atom stereocenters. The molecule has 1 aliphatic heterocycles. The third-order valence-electron chi connectivity index (χ3n) is 6.76. The molecule has 2 heterocycles. The van der Waals surface area contributed by atoms with Crippen LogP contribution >= 0.6 is 11.3 Å². The molecule has 1 aliphatic rings. The summed E-state index contributed by atoms with van der Waals surface area (Å²) in [6, 6.07) is 17.8. The van der Waals surface area contributed by atoms with Crippen LogP contribution in [0.5, 0.6) is 0 Å². The number of Topliss-reactive ketones (excluding diaryl/α,β-unsaturated/α-hetero) is 1. The van der Waals surface area contributed by atoms with Crippen LogP contribution in [0.15, 0.2) is 54.6 Å². The number of likely N-dealkylation sites (tertiary alicyclic amines) is 1. The summed E-state index contributed by atoms with van der Waals surface area (Å²) in [4.78, 5) is 32.8. The molecule has 4 rings (SSSR count). The van der Waals surface area contributed by atoms with Gasteiger partial charge in [-0.05, 0) is 62.3 Å². The van der Waals surface area contributed by atoms with Crippen LogP contribution in [0.1, 0.15) is 53.9 Å². The largest absolute Gasteiger partial charge is 0.342 e. The highest BCUT2D eigenvalue weighted by atomic mass is 32.1. The first-order chi connectivity index (χ1) is 17.1. The molecule has 0 aliphatic carbocycles. The molecule has 2 aromatic carbocycles. The highest BCUT2D eigenvalue weighted by Crippen LogP contribution is 2.24. The van der Waals surface area contributed by atoms with E-state index in [-0.39, 0.29) is 17.7 Å². The number of benzene rings is 2. The number of rotatable bonds is 12. The molecule has 186 valence electrons. The number of nitrogens with two attached hydrogens (primary N) is 1. The van der Waals surface area contributed by atoms with Crippen molar-refractivity contribution in [3.8, 4) is 0 Å². The van der Waals surface area contributed by atoms with Gasteiger partial charge in [-0.3, -0.25) is 9.59 Å². The summed E-state index contributed by atoms with van der Waals surface area (Å²) in [5.74, 6) is 0.642. The lowest BCUT2D eigenvalue weighted by Crippen LogP contribution is -2.46. The number of piperidine rings is 1. The molecule has 6 nitrogen and oxygen atoms in total. The van der Waals surface area contributed by atoms with E-state index >= 15 is 0 Å². The van der Waals surface area contributed by atoms with Gasteiger partial charge in [0.05, 0.1) is 16.3 Å². The molecular formula is C28H36N4O2S. The Labute approximate surface area is 211 Å². The third-order valence-corrected chi connectivity index (χ3v) is 7.81. The average Bonchev–Trinajstić information content (AvgIpc) is 3.34. The molecule has 7 heteroatoms. The molecule has 35 heavy (non-hydrogen) atoms. The van der Waals surface area contributed by atoms with Gasteiger partial charge in [0.1, 0.15) is 0 Å². The van der Waals surface area contributed by atoms with Crippen LogP contribution in [-0.2, 0) is 11.2 Å². The number of hydrogen-bond donors (Lipinski definition) is 2. The molecular weight excluding hydrogens is 456 g/mol. The van der Waals surface area contributed by atoms with Crippen molar-refractivity contribution < 1.29 is 9.59 Å². The number of carbonyl (C=O) groups is 2. The maximum atomic E-state index is 13.4. The van der Waals surface area contributed by atoms with Crippen LogP contribution in [0.25, 0.3) is 10.2 Å². The highest BCUT2D eigenvalue weighted by molar-refractivity contribution is 7.20. The fraction of sp³-hybridized carbons (Fsp3) is 0.464. The maximum Gasteiger partial charge on any atom is 0.222 e. The van der Waals surface area contributed by atoms with Crippen molar-refractivity contribution in [3.05, 3.63) is 65.2 Å². The number of unbranched alkanes of at least 4 members (excludes halogenated alkanes) is 1. The van der Waals surface area contributed by atoms with E-state index in [1.807, 2.05) is 47.4 Å². The maximum absolute atomic E-state index is 13.4. The summed E-state index contributed by atoms with van der Waals surface area (Å²) in [6.07, 6.45) is 5.95. The Balaban J connectivity index is 1.33. The van der Waals surface area contributed by atoms with Gasteiger partial charge in [-0.15, -0.1) is 11.3 Å². The van der Waals surface area contributed by atoms with Crippen LogP contribution in [0, 0.1) is 5.92 Å². The minimum atomic E-state index is -0.272. The minimum Gasteiger partial charge on any atom is -0.342 e. The summed E-state index contributed by atoms with van der Waals surface area (Å²) in [7, 11) is 0. The van der Waals surface area contributed by atoms with Gasteiger partial charge in [0.2, 0.25) is 11.7 Å². The Morgan fingerprint density at radius 1 is 1.11 bits per heavy atom. The smallest absolute Gasteiger partial charge is 0.222 e. The number of para-hydroxylation sites is 1. The Bertz CT molecular complexity index is 1070. The first-order valence-corrected chi connectivity index (χ1v) is 13.6. The molecule has 0 spiro atoms. The lowest BCUT2D eigenvalue weighted by Gasteiger charge is -2.33. The number of hydrogen-bond acceptors (Lipinski definition) is 6. The number of aryl methyl sites for hydroxylation is 1. The number of amides is 1. The molecule has 1 aromatic heterocycles. The molecule has 3 N–H and O–H groups in total. The zero-order valence-corrected chi connectivity index (χ0v) is 21.1. The second kappa shape index (κ2) is 12.9. The highest BCUT2D eigenvalue weighted by Gasteiger charge is 2.27. The molecule has 0 saturated carbocycles. The van der Waals surface area contributed by atoms with Crippen molar-refractivity contribution in [1.82, 2.24) is 15.2 Å². The summed E-state index contributed by atoms with van der Waals surface area (Å²) < 4.78 is 1.04. The van der Waals surface area contributed by atoms with Crippen molar-refractivity contribution in [2.24, 2.45) is 11.7 Å². The molecule has 2 atom stereocenters. The Morgan fingerprint density at radius 2 is 1.91 bits per heavy atom. The monoisotopic (exact) mass is 492 g/mol. The second-order valence-electron chi connectivity index (χ2n) is 9.43. The van der Waals surface area contributed by atoms with Crippen molar-refractivity contribution >= 4 is 33.2 Å². The van der Waals surface area contributed by atoms with Gasteiger partial charge in [0, 0.05) is 26.1 Å². The fourth-order valence-electron chi connectivity index (χ4n) is 4.77. The number of ketones is 1. The minimum absolute atomic E-state index is 0.0647. The van der Waals surface area contributed by atoms with Gasteiger partial charge in [-0.25, -0.2) is 4.98 Å². The normalized spacial score (nSPS) is 16.9. The van der Waals surface area contributed by atoms with E-state index in [1.54, 1.807) is 0 Å². The van der Waals surface area contributed by atoms with E-state index in [4.69, 9.17) is 5.73 Å². The van der Waals surface area contributed by atoms with Crippen LogP contribution in [0.4, 0.5) is 0 Å². The van der Waals surface area contributed by atoms with Crippen molar-refractivity contribution in [3.63, 3.8) is 0 Å². The average molecular weight is 493 g/mol. The van der Waals surface area contributed by atoms with E-state index in [0.717, 1.165) is 68.4 Å². The number of carbonyl (C=O) groups excluding carboxylic acids is 2. The lowest BCUT2D eigenvalue weighted by atomic mass is 9.96. The zero-order chi connectivity index (χ0) is 24.5. The van der Waals surface area contributed by atoms with Crippen molar-refractivity contribution in [1.29, 1.82) is 0 Å². The summed E-state index contributed by atoms with van der Waals surface area (Å²) >= 11 is 1.46.